The highest BCUT2D eigenvalue weighted by Gasteiger charge is 2.27. The molecule has 106 valence electrons. The van der Waals surface area contributed by atoms with Gasteiger partial charge >= 0.3 is 0 Å². The standard InChI is InChI=1S/C15H18N2O3/c18-14(16-7-9-20-10-8-16)5-6-17-11-12-3-1-2-4-13(12)15(17)19/h1-4H,5-11H2. The summed E-state index contributed by atoms with van der Waals surface area (Å²) in [4.78, 5) is 27.8. The first-order valence-corrected chi connectivity index (χ1v) is 6.98. The minimum absolute atomic E-state index is 0.0374. The number of carbonyl (C=O) groups is 2. The molecule has 0 N–H and O–H groups in total. The lowest BCUT2D eigenvalue weighted by Gasteiger charge is -2.27. The molecule has 2 heterocycles. The molecule has 5 nitrogen and oxygen atoms in total. The molecule has 0 atom stereocenters. The van der Waals surface area contributed by atoms with Crippen molar-refractivity contribution < 1.29 is 14.3 Å². The van der Waals surface area contributed by atoms with Crippen LogP contribution in [0.5, 0.6) is 0 Å². The number of carbonyl (C=O) groups excluding carboxylic acids is 2. The first kappa shape index (κ1) is 13.1. The number of morpholine rings is 1. The van der Waals surface area contributed by atoms with E-state index in [0.717, 1.165) is 11.1 Å². The van der Waals surface area contributed by atoms with Crippen LogP contribution in [0.15, 0.2) is 24.3 Å². The second-order valence-electron chi connectivity index (χ2n) is 5.13. The van der Waals surface area contributed by atoms with Crippen LogP contribution in [0.25, 0.3) is 0 Å². The molecule has 2 aliphatic heterocycles. The van der Waals surface area contributed by atoms with Crippen LogP contribution in [0.4, 0.5) is 0 Å². The van der Waals surface area contributed by atoms with Crippen LogP contribution in [0.1, 0.15) is 22.3 Å². The number of amides is 2. The lowest BCUT2D eigenvalue weighted by atomic mass is 10.1. The molecule has 1 saturated heterocycles. The number of fused-ring (bicyclic) bond motifs is 1. The molecule has 0 unspecified atom stereocenters. The first-order valence-electron chi connectivity index (χ1n) is 6.98. The van der Waals surface area contributed by atoms with Gasteiger partial charge in [0.25, 0.3) is 5.91 Å². The molecule has 1 aromatic carbocycles. The Morgan fingerprint density at radius 3 is 2.70 bits per heavy atom. The number of ether oxygens (including phenoxy) is 1. The van der Waals surface area contributed by atoms with Crippen LogP contribution >= 0.6 is 0 Å². The van der Waals surface area contributed by atoms with E-state index in [4.69, 9.17) is 4.74 Å². The zero-order valence-corrected chi connectivity index (χ0v) is 11.4. The normalized spacial score (nSPS) is 18.3. The Bertz CT molecular complexity index is 524. The fraction of sp³-hybridized carbons (Fsp3) is 0.467. The highest BCUT2D eigenvalue weighted by molar-refractivity contribution is 5.98. The molecule has 2 amide bonds. The maximum Gasteiger partial charge on any atom is 0.254 e. The van der Waals surface area contributed by atoms with E-state index in [1.807, 2.05) is 29.2 Å². The number of hydrogen-bond donors (Lipinski definition) is 0. The molecule has 5 heteroatoms. The van der Waals surface area contributed by atoms with E-state index in [-0.39, 0.29) is 11.8 Å². The molecule has 1 aromatic rings. The fourth-order valence-corrected chi connectivity index (χ4v) is 2.70. The molecular weight excluding hydrogens is 256 g/mol. The Morgan fingerprint density at radius 1 is 1.20 bits per heavy atom. The smallest absolute Gasteiger partial charge is 0.254 e. The van der Waals surface area contributed by atoms with Crippen LogP contribution < -0.4 is 0 Å². The Balaban J connectivity index is 1.55. The Kier molecular flexibility index (Phi) is 3.69. The van der Waals surface area contributed by atoms with Crippen LogP contribution in [0.2, 0.25) is 0 Å². The van der Waals surface area contributed by atoms with Crippen molar-refractivity contribution in [1.82, 2.24) is 9.80 Å². The van der Waals surface area contributed by atoms with Gasteiger partial charge < -0.3 is 14.5 Å². The van der Waals surface area contributed by atoms with Crippen LogP contribution in [0.3, 0.4) is 0 Å². The largest absolute Gasteiger partial charge is 0.378 e. The third kappa shape index (κ3) is 2.54. The van der Waals surface area contributed by atoms with Gasteiger partial charge in [-0.25, -0.2) is 0 Å². The summed E-state index contributed by atoms with van der Waals surface area (Å²) >= 11 is 0. The Hall–Kier alpha value is -1.88. The first-order chi connectivity index (χ1) is 9.75. The molecule has 0 aromatic heterocycles. The van der Waals surface area contributed by atoms with Crippen molar-refractivity contribution in [2.75, 3.05) is 32.8 Å². The van der Waals surface area contributed by atoms with E-state index in [1.165, 1.54) is 0 Å². The quantitative estimate of drug-likeness (QED) is 0.822. The average Bonchev–Trinajstić information content (AvgIpc) is 2.83. The summed E-state index contributed by atoms with van der Waals surface area (Å²) in [5, 5.41) is 0. The maximum absolute atomic E-state index is 12.2. The average molecular weight is 274 g/mol. The van der Waals surface area contributed by atoms with E-state index in [9.17, 15) is 9.59 Å². The number of nitrogens with zero attached hydrogens (tertiary/aromatic N) is 2. The van der Waals surface area contributed by atoms with Gasteiger partial charge in [-0.1, -0.05) is 18.2 Å². The number of benzene rings is 1. The molecule has 20 heavy (non-hydrogen) atoms. The predicted molar refractivity (Wildman–Crippen MR) is 73.2 cm³/mol. The molecule has 0 spiro atoms. The monoisotopic (exact) mass is 274 g/mol. The zero-order valence-electron chi connectivity index (χ0n) is 11.4. The summed E-state index contributed by atoms with van der Waals surface area (Å²) in [6.45, 7) is 3.65. The van der Waals surface area contributed by atoms with Gasteiger partial charge in [-0.15, -0.1) is 0 Å². The van der Waals surface area contributed by atoms with Gasteiger partial charge in [-0.2, -0.15) is 0 Å². The minimum Gasteiger partial charge on any atom is -0.378 e. The second-order valence-corrected chi connectivity index (χ2v) is 5.13. The zero-order chi connectivity index (χ0) is 13.9. The number of rotatable bonds is 3. The highest BCUT2D eigenvalue weighted by atomic mass is 16.5. The van der Waals surface area contributed by atoms with Crippen molar-refractivity contribution >= 4 is 11.8 Å². The van der Waals surface area contributed by atoms with Crippen molar-refractivity contribution in [3.8, 4) is 0 Å². The summed E-state index contributed by atoms with van der Waals surface area (Å²) in [7, 11) is 0. The summed E-state index contributed by atoms with van der Waals surface area (Å²) < 4.78 is 5.23. The van der Waals surface area contributed by atoms with E-state index >= 15 is 0 Å². The second kappa shape index (κ2) is 5.63. The van der Waals surface area contributed by atoms with Gasteiger partial charge in [-0.3, -0.25) is 9.59 Å². The van der Waals surface area contributed by atoms with Gasteiger partial charge in [0.1, 0.15) is 0 Å². The summed E-state index contributed by atoms with van der Waals surface area (Å²) in [5.74, 6) is 0.146. The van der Waals surface area contributed by atoms with Crippen LogP contribution in [0, 0.1) is 0 Å². The third-order valence-electron chi connectivity index (χ3n) is 3.86. The molecular formula is C15H18N2O3. The van der Waals surface area contributed by atoms with Gasteiger partial charge in [0.2, 0.25) is 5.91 Å². The van der Waals surface area contributed by atoms with E-state index in [2.05, 4.69) is 0 Å². The SMILES string of the molecule is O=C(CCN1Cc2ccccc2C1=O)N1CCOCC1. The van der Waals surface area contributed by atoms with Crippen LogP contribution in [-0.2, 0) is 16.1 Å². The Labute approximate surface area is 118 Å². The van der Waals surface area contributed by atoms with Crippen LogP contribution in [-0.4, -0.2) is 54.5 Å². The highest BCUT2D eigenvalue weighted by Crippen LogP contribution is 2.22. The predicted octanol–water partition coefficient (Wildman–Crippen LogP) is 0.891. The summed E-state index contributed by atoms with van der Waals surface area (Å²) in [5.41, 5.74) is 1.82. The molecule has 0 saturated carbocycles. The van der Waals surface area contributed by atoms with Crippen molar-refractivity contribution in [3.63, 3.8) is 0 Å². The van der Waals surface area contributed by atoms with Crippen molar-refractivity contribution in [2.24, 2.45) is 0 Å². The van der Waals surface area contributed by atoms with Crippen molar-refractivity contribution in [2.45, 2.75) is 13.0 Å². The molecule has 2 aliphatic rings. The lowest BCUT2D eigenvalue weighted by Crippen LogP contribution is -2.42. The van der Waals surface area contributed by atoms with Crippen molar-refractivity contribution in [1.29, 1.82) is 0 Å². The lowest BCUT2D eigenvalue weighted by molar-refractivity contribution is -0.135. The molecule has 0 aliphatic carbocycles. The van der Waals surface area contributed by atoms with Gasteiger partial charge in [-0.05, 0) is 11.6 Å². The topological polar surface area (TPSA) is 49.9 Å². The molecule has 0 bridgehead atoms. The van der Waals surface area contributed by atoms with E-state index < -0.39 is 0 Å². The van der Waals surface area contributed by atoms with Crippen molar-refractivity contribution in [3.05, 3.63) is 35.4 Å². The molecule has 0 radical (unpaired) electrons. The van der Waals surface area contributed by atoms with Gasteiger partial charge in [0, 0.05) is 38.2 Å². The maximum atomic E-state index is 12.2. The summed E-state index contributed by atoms with van der Waals surface area (Å²) in [6, 6.07) is 7.63. The minimum atomic E-state index is 0.0374. The summed E-state index contributed by atoms with van der Waals surface area (Å²) in [6.07, 6.45) is 0.389. The molecule has 3 rings (SSSR count). The number of hydrogen-bond acceptors (Lipinski definition) is 3. The van der Waals surface area contributed by atoms with E-state index in [1.54, 1.807) is 4.90 Å². The van der Waals surface area contributed by atoms with Gasteiger partial charge in [0.05, 0.1) is 13.2 Å². The van der Waals surface area contributed by atoms with Gasteiger partial charge in [0.15, 0.2) is 0 Å². The third-order valence-corrected chi connectivity index (χ3v) is 3.86. The molecule has 1 fully saturated rings. The Morgan fingerprint density at radius 2 is 1.95 bits per heavy atom. The fourth-order valence-electron chi connectivity index (χ4n) is 2.70. The van der Waals surface area contributed by atoms with E-state index in [0.29, 0.717) is 45.8 Å².